The Morgan fingerprint density at radius 2 is 1.71 bits per heavy atom. The molecular formula is C14H20N2O5. The molecule has 0 bridgehead atoms. The molecule has 2 N–H and O–H groups in total. The van der Waals surface area contributed by atoms with E-state index in [4.69, 9.17) is 14.2 Å². The molecule has 1 aromatic rings. The molecule has 0 radical (unpaired) electrons. The molecule has 0 saturated carbocycles. The average molecular weight is 296 g/mol. The van der Waals surface area contributed by atoms with E-state index in [-0.39, 0.29) is 18.9 Å². The number of carbonyl (C=O) groups excluding carboxylic acids is 2. The van der Waals surface area contributed by atoms with Crippen molar-refractivity contribution in [1.82, 2.24) is 5.32 Å². The van der Waals surface area contributed by atoms with Crippen molar-refractivity contribution >= 4 is 17.7 Å². The molecule has 0 heterocycles. The molecule has 7 nitrogen and oxygen atoms in total. The minimum Gasteiger partial charge on any atom is -0.497 e. The van der Waals surface area contributed by atoms with Crippen LogP contribution in [0.5, 0.6) is 11.5 Å². The van der Waals surface area contributed by atoms with E-state index >= 15 is 0 Å². The summed E-state index contributed by atoms with van der Waals surface area (Å²) in [6.45, 7) is 2.26. The number of rotatable bonds is 7. The summed E-state index contributed by atoms with van der Waals surface area (Å²) in [4.78, 5) is 22.8. The van der Waals surface area contributed by atoms with Crippen LogP contribution >= 0.6 is 0 Å². The summed E-state index contributed by atoms with van der Waals surface area (Å²) in [7, 11) is 3.05. The molecule has 0 saturated heterocycles. The molecule has 0 fully saturated rings. The van der Waals surface area contributed by atoms with Crippen LogP contribution in [0.1, 0.15) is 13.3 Å². The van der Waals surface area contributed by atoms with Crippen molar-refractivity contribution in [3.63, 3.8) is 0 Å². The Morgan fingerprint density at radius 3 is 2.24 bits per heavy atom. The van der Waals surface area contributed by atoms with E-state index in [0.717, 1.165) is 0 Å². The van der Waals surface area contributed by atoms with Crippen LogP contribution in [-0.2, 0) is 9.53 Å². The highest BCUT2D eigenvalue weighted by Crippen LogP contribution is 2.25. The van der Waals surface area contributed by atoms with Crippen molar-refractivity contribution in [3.8, 4) is 11.5 Å². The number of hydrogen-bond donors (Lipinski definition) is 2. The van der Waals surface area contributed by atoms with Crippen molar-refractivity contribution in [1.29, 1.82) is 0 Å². The number of nitrogens with one attached hydrogen (secondary N) is 2. The Bertz CT molecular complexity index is 468. The number of esters is 1. The monoisotopic (exact) mass is 296 g/mol. The highest BCUT2D eigenvalue weighted by atomic mass is 16.5. The van der Waals surface area contributed by atoms with Crippen LogP contribution in [0.15, 0.2) is 18.2 Å². The van der Waals surface area contributed by atoms with Crippen molar-refractivity contribution in [2.45, 2.75) is 13.3 Å². The lowest BCUT2D eigenvalue weighted by Crippen LogP contribution is -2.30. The Labute approximate surface area is 123 Å². The summed E-state index contributed by atoms with van der Waals surface area (Å²) < 4.78 is 15.0. The minimum atomic E-state index is -0.422. The van der Waals surface area contributed by atoms with Crippen molar-refractivity contribution in [2.75, 3.05) is 32.7 Å². The fourth-order valence-corrected chi connectivity index (χ4v) is 1.57. The van der Waals surface area contributed by atoms with Crippen LogP contribution in [0.3, 0.4) is 0 Å². The maximum absolute atomic E-state index is 11.7. The number of methoxy groups -OCH3 is 2. The van der Waals surface area contributed by atoms with Crippen LogP contribution in [0.4, 0.5) is 10.5 Å². The molecular weight excluding hydrogens is 276 g/mol. The maximum Gasteiger partial charge on any atom is 0.319 e. The predicted octanol–water partition coefficient (Wildman–Crippen LogP) is 1.78. The lowest BCUT2D eigenvalue weighted by atomic mass is 10.3. The summed E-state index contributed by atoms with van der Waals surface area (Å²) in [5.41, 5.74) is 0.528. The first kappa shape index (κ1) is 16.6. The van der Waals surface area contributed by atoms with Gasteiger partial charge >= 0.3 is 12.0 Å². The molecule has 0 aliphatic carbocycles. The van der Waals surface area contributed by atoms with Gasteiger partial charge in [0, 0.05) is 30.4 Å². The van der Waals surface area contributed by atoms with Crippen LogP contribution in [-0.4, -0.2) is 39.4 Å². The molecule has 0 aliphatic rings. The number of amides is 2. The molecule has 0 unspecified atom stereocenters. The summed E-state index contributed by atoms with van der Waals surface area (Å²) >= 11 is 0. The van der Waals surface area contributed by atoms with Gasteiger partial charge in [-0.2, -0.15) is 0 Å². The third kappa shape index (κ3) is 6.03. The fraction of sp³-hybridized carbons (Fsp3) is 0.429. The summed E-state index contributed by atoms with van der Waals surface area (Å²) in [6, 6.07) is 4.60. The normalized spacial score (nSPS) is 9.67. The molecule has 1 aromatic carbocycles. The van der Waals surface area contributed by atoms with Crippen LogP contribution < -0.4 is 20.1 Å². The number of anilines is 1. The molecule has 0 aromatic heterocycles. The second-order valence-corrected chi connectivity index (χ2v) is 4.04. The van der Waals surface area contributed by atoms with Gasteiger partial charge in [-0.3, -0.25) is 4.79 Å². The Morgan fingerprint density at radius 1 is 1.10 bits per heavy atom. The molecule has 21 heavy (non-hydrogen) atoms. The van der Waals surface area contributed by atoms with E-state index in [1.54, 1.807) is 25.1 Å². The highest BCUT2D eigenvalue weighted by Gasteiger charge is 2.07. The number of ether oxygens (including phenoxy) is 3. The van der Waals surface area contributed by atoms with Gasteiger partial charge in [0.25, 0.3) is 0 Å². The number of carbonyl (C=O) groups is 2. The topological polar surface area (TPSA) is 85.9 Å². The van der Waals surface area contributed by atoms with Gasteiger partial charge in [0.1, 0.15) is 11.5 Å². The average Bonchev–Trinajstić information content (AvgIpc) is 2.47. The SMILES string of the molecule is CCOC(=O)CCNC(=O)Nc1cc(OC)cc(OC)c1. The van der Waals surface area contributed by atoms with Gasteiger partial charge in [0.05, 0.1) is 27.2 Å². The van der Waals surface area contributed by atoms with Crippen LogP contribution in [0.2, 0.25) is 0 Å². The zero-order chi connectivity index (χ0) is 15.7. The van der Waals surface area contributed by atoms with Gasteiger partial charge in [0.15, 0.2) is 0 Å². The Hall–Kier alpha value is -2.44. The predicted molar refractivity (Wildman–Crippen MR) is 77.8 cm³/mol. The molecule has 0 spiro atoms. The van der Waals surface area contributed by atoms with E-state index in [9.17, 15) is 9.59 Å². The molecule has 116 valence electrons. The first-order valence-electron chi connectivity index (χ1n) is 6.52. The number of hydrogen-bond acceptors (Lipinski definition) is 5. The first-order chi connectivity index (χ1) is 10.1. The molecule has 2 amide bonds. The lowest BCUT2D eigenvalue weighted by molar-refractivity contribution is -0.142. The quantitative estimate of drug-likeness (QED) is 0.749. The Balaban J connectivity index is 2.49. The number of urea groups is 1. The highest BCUT2D eigenvalue weighted by molar-refractivity contribution is 5.90. The van der Waals surface area contributed by atoms with Gasteiger partial charge < -0.3 is 24.8 Å². The van der Waals surface area contributed by atoms with E-state index in [1.165, 1.54) is 14.2 Å². The van der Waals surface area contributed by atoms with Crippen molar-refractivity contribution < 1.29 is 23.8 Å². The molecule has 0 atom stereocenters. The maximum atomic E-state index is 11.7. The van der Waals surface area contributed by atoms with Gasteiger partial charge in [-0.15, -0.1) is 0 Å². The Kier molecular flexibility index (Phi) is 6.86. The van der Waals surface area contributed by atoms with Crippen LogP contribution in [0.25, 0.3) is 0 Å². The van der Waals surface area contributed by atoms with E-state index in [1.807, 2.05) is 0 Å². The van der Waals surface area contributed by atoms with E-state index < -0.39 is 6.03 Å². The fourth-order valence-electron chi connectivity index (χ4n) is 1.57. The van der Waals surface area contributed by atoms with E-state index in [2.05, 4.69) is 10.6 Å². The van der Waals surface area contributed by atoms with Gasteiger partial charge in [-0.25, -0.2) is 4.79 Å². The van der Waals surface area contributed by atoms with Gasteiger partial charge in [-0.1, -0.05) is 0 Å². The van der Waals surface area contributed by atoms with Gasteiger partial charge in [-0.05, 0) is 6.92 Å². The summed E-state index contributed by atoms with van der Waals surface area (Å²) in [5, 5.41) is 5.20. The second-order valence-electron chi connectivity index (χ2n) is 4.04. The number of benzene rings is 1. The van der Waals surface area contributed by atoms with E-state index in [0.29, 0.717) is 23.8 Å². The van der Waals surface area contributed by atoms with Crippen LogP contribution in [0, 0.1) is 0 Å². The lowest BCUT2D eigenvalue weighted by Gasteiger charge is -2.10. The first-order valence-corrected chi connectivity index (χ1v) is 6.52. The molecule has 1 rings (SSSR count). The molecule has 7 heteroatoms. The minimum absolute atomic E-state index is 0.128. The third-order valence-electron chi connectivity index (χ3n) is 2.53. The molecule has 0 aliphatic heterocycles. The largest absolute Gasteiger partial charge is 0.497 e. The zero-order valence-corrected chi connectivity index (χ0v) is 12.4. The van der Waals surface area contributed by atoms with Crippen molar-refractivity contribution in [2.24, 2.45) is 0 Å². The standard InChI is InChI=1S/C14H20N2O5/c1-4-21-13(17)5-6-15-14(18)16-10-7-11(19-2)9-12(8-10)20-3/h7-9H,4-6H2,1-3H3,(H2,15,16,18). The summed E-state index contributed by atoms with van der Waals surface area (Å²) in [6.07, 6.45) is 0.128. The second kappa shape index (κ2) is 8.68. The summed E-state index contributed by atoms with van der Waals surface area (Å²) in [5.74, 6) is 0.785. The van der Waals surface area contributed by atoms with Crippen molar-refractivity contribution in [3.05, 3.63) is 18.2 Å². The third-order valence-corrected chi connectivity index (χ3v) is 2.53. The smallest absolute Gasteiger partial charge is 0.319 e. The zero-order valence-electron chi connectivity index (χ0n) is 12.4. The van der Waals surface area contributed by atoms with Gasteiger partial charge in [0.2, 0.25) is 0 Å².